The summed E-state index contributed by atoms with van der Waals surface area (Å²) in [6.45, 7) is 7.25. The summed E-state index contributed by atoms with van der Waals surface area (Å²) in [5.74, 6) is -4.71. The molecule has 0 aliphatic heterocycles. The molecule has 5 atom stereocenters. The Morgan fingerprint density at radius 3 is 1.91 bits per heavy atom. The molecule has 0 saturated heterocycles. The molecule has 3 amide bonds. The van der Waals surface area contributed by atoms with Gasteiger partial charge in [-0.05, 0) is 24.7 Å². The van der Waals surface area contributed by atoms with Gasteiger partial charge in [0.2, 0.25) is 17.7 Å². The first-order chi connectivity index (χ1) is 14.8. The van der Waals surface area contributed by atoms with E-state index in [2.05, 4.69) is 28.6 Å². The highest BCUT2D eigenvalue weighted by molar-refractivity contribution is 7.80. The molecule has 5 unspecified atom stereocenters. The lowest BCUT2D eigenvalue weighted by Gasteiger charge is -2.28. The molecule has 12 heteroatoms. The minimum Gasteiger partial charge on any atom is -0.481 e. The van der Waals surface area contributed by atoms with Gasteiger partial charge in [-0.3, -0.25) is 19.2 Å². The molecule has 0 aliphatic carbocycles. The van der Waals surface area contributed by atoms with Crippen LogP contribution in [0.1, 0.15) is 53.4 Å². The Hall–Kier alpha value is -2.34. The highest BCUT2D eigenvalue weighted by atomic mass is 32.1. The van der Waals surface area contributed by atoms with Crippen molar-refractivity contribution in [3.05, 3.63) is 0 Å². The van der Waals surface area contributed by atoms with E-state index in [0.717, 1.165) is 0 Å². The van der Waals surface area contributed by atoms with Gasteiger partial charge in [0, 0.05) is 12.2 Å². The van der Waals surface area contributed by atoms with E-state index < -0.39 is 53.8 Å². The van der Waals surface area contributed by atoms with Crippen molar-refractivity contribution in [1.29, 1.82) is 0 Å². The lowest BCUT2D eigenvalue weighted by atomic mass is 9.96. The lowest BCUT2D eigenvalue weighted by molar-refractivity contribution is -0.142. The van der Waals surface area contributed by atoms with Crippen molar-refractivity contribution in [2.45, 2.75) is 77.5 Å². The maximum atomic E-state index is 13.0. The molecule has 184 valence electrons. The highest BCUT2D eigenvalue weighted by Crippen LogP contribution is 2.12. The molecule has 32 heavy (non-hydrogen) atoms. The zero-order chi connectivity index (χ0) is 25.0. The number of nitrogens with one attached hydrogen (secondary N) is 3. The number of rotatable bonds is 15. The van der Waals surface area contributed by atoms with E-state index in [1.165, 1.54) is 0 Å². The Balaban J connectivity index is 5.44. The van der Waals surface area contributed by atoms with Gasteiger partial charge in [-0.1, -0.05) is 34.1 Å². The van der Waals surface area contributed by atoms with Crippen LogP contribution in [0, 0.1) is 11.8 Å². The highest BCUT2D eigenvalue weighted by Gasteiger charge is 2.32. The number of carboxylic acid groups (broad SMARTS) is 2. The van der Waals surface area contributed by atoms with Gasteiger partial charge in [0.05, 0.1) is 6.04 Å². The third-order valence-corrected chi connectivity index (χ3v) is 5.30. The largest absolute Gasteiger partial charge is 0.481 e. The Morgan fingerprint density at radius 1 is 0.906 bits per heavy atom. The van der Waals surface area contributed by atoms with Crippen molar-refractivity contribution in [2.24, 2.45) is 17.6 Å². The van der Waals surface area contributed by atoms with E-state index in [-0.39, 0.29) is 36.9 Å². The number of hydrogen-bond acceptors (Lipinski definition) is 7. The summed E-state index contributed by atoms with van der Waals surface area (Å²) in [5, 5.41) is 25.4. The number of thiol groups is 1. The molecule has 0 saturated carbocycles. The van der Waals surface area contributed by atoms with Crippen LogP contribution in [-0.2, 0) is 24.0 Å². The van der Waals surface area contributed by atoms with Crippen LogP contribution < -0.4 is 21.7 Å². The molecule has 0 aromatic rings. The van der Waals surface area contributed by atoms with Gasteiger partial charge in [-0.15, -0.1) is 0 Å². The van der Waals surface area contributed by atoms with Crippen LogP contribution in [0.25, 0.3) is 0 Å². The molecule has 0 rings (SSSR count). The van der Waals surface area contributed by atoms with E-state index in [1.54, 1.807) is 6.92 Å². The van der Waals surface area contributed by atoms with Gasteiger partial charge in [0.15, 0.2) is 0 Å². The predicted molar refractivity (Wildman–Crippen MR) is 121 cm³/mol. The topological polar surface area (TPSA) is 188 Å². The minimum atomic E-state index is -1.25. The summed E-state index contributed by atoms with van der Waals surface area (Å²) in [5.41, 5.74) is 5.74. The van der Waals surface area contributed by atoms with Crippen LogP contribution in [0.2, 0.25) is 0 Å². The number of carbonyl (C=O) groups is 5. The SMILES string of the molecule is CCC(C)C(NC(=O)C(N)CCC(=O)O)C(=O)NC(CC(C)C)C(=O)NC(CS)C(=O)O. The van der Waals surface area contributed by atoms with Gasteiger partial charge in [0.1, 0.15) is 18.1 Å². The van der Waals surface area contributed by atoms with Gasteiger partial charge in [-0.2, -0.15) is 12.6 Å². The van der Waals surface area contributed by atoms with E-state index >= 15 is 0 Å². The van der Waals surface area contributed by atoms with Crippen molar-refractivity contribution < 1.29 is 34.2 Å². The number of nitrogens with two attached hydrogens (primary N) is 1. The molecule has 0 aromatic carbocycles. The number of carbonyl (C=O) groups excluding carboxylic acids is 3. The van der Waals surface area contributed by atoms with Crippen molar-refractivity contribution in [2.75, 3.05) is 5.75 Å². The van der Waals surface area contributed by atoms with Gasteiger partial charge < -0.3 is 31.9 Å². The summed E-state index contributed by atoms with van der Waals surface area (Å²) in [4.78, 5) is 59.9. The van der Waals surface area contributed by atoms with Gasteiger partial charge >= 0.3 is 11.9 Å². The van der Waals surface area contributed by atoms with Crippen molar-refractivity contribution in [3.8, 4) is 0 Å². The second-order valence-electron chi connectivity index (χ2n) is 8.18. The molecular weight excluding hydrogens is 440 g/mol. The van der Waals surface area contributed by atoms with E-state index in [9.17, 15) is 24.0 Å². The monoisotopic (exact) mass is 476 g/mol. The zero-order valence-corrected chi connectivity index (χ0v) is 19.9. The Labute approximate surface area is 193 Å². The van der Waals surface area contributed by atoms with Crippen LogP contribution in [0.3, 0.4) is 0 Å². The average molecular weight is 477 g/mol. The molecule has 0 radical (unpaired) electrons. The molecule has 0 aliphatic rings. The Kier molecular flexibility index (Phi) is 13.6. The zero-order valence-electron chi connectivity index (χ0n) is 19.0. The fourth-order valence-corrected chi connectivity index (χ4v) is 3.04. The lowest BCUT2D eigenvalue weighted by Crippen LogP contribution is -2.59. The standard InChI is InChI=1S/C20H36N4O7S/c1-5-11(4)16(24-17(27)12(21)6-7-15(25)26)19(29)22-13(8-10(2)3)18(28)23-14(9-32)20(30)31/h10-14,16,32H,5-9,21H2,1-4H3,(H,22,29)(H,23,28)(H,24,27)(H,25,26)(H,30,31). The maximum Gasteiger partial charge on any atom is 0.327 e. The van der Waals surface area contributed by atoms with Crippen molar-refractivity contribution in [1.82, 2.24) is 16.0 Å². The molecule has 0 heterocycles. The van der Waals surface area contributed by atoms with E-state index in [0.29, 0.717) is 6.42 Å². The predicted octanol–water partition coefficient (Wildman–Crippen LogP) is -0.260. The fourth-order valence-electron chi connectivity index (χ4n) is 2.79. The summed E-state index contributed by atoms with van der Waals surface area (Å²) >= 11 is 3.92. The molecule has 0 aromatic heterocycles. The molecule has 0 spiro atoms. The Morgan fingerprint density at radius 2 is 1.47 bits per heavy atom. The fraction of sp³-hybridized carbons (Fsp3) is 0.750. The van der Waals surface area contributed by atoms with Gasteiger partial charge in [-0.25, -0.2) is 4.79 Å². The first-order valence-electron chi connectivity index (χ1n) is 10.6. The van der Waals surface area contributed by atoms with E-state index in [4.69, 9.17) is 15.9 Å². The summed E-state index contributed by atoms with van der Waals surface area (Å²) in [6, 6.07) is -4.35. The number of hydrogen-bond donors (Lipinski definition) is 7. The third kappa shape index (κ3) is 10.8. The third-order valence-electron chi connectivity index (χ3n) is 4.94. The van der Waals surface area contributed by atoms with Crippen LogP contribution in [0.5, 0.6) is 0 Å². The summed E-state index contributed by atoms with van der Waals surface area (Å²) in [6.07, 6.45) is 0.399. The second kappa shape index (κ2) is 14.7. The minimum absolute atomic E-state index is 0.00594. The molecule has 11 nitrogen and oxygen atoms in total. The van der Waals surface area contributed by atoms with Gasteiger partial charge in [0.25, 0.3) is 0 Å². The number of amides is 3. The van der Waals surface area contributed by atoms with Crippen molar-refractivity contribution >= 4 is 42.3 Å². The molecular formula is C20H36N4O7S. The Bertz CT molecular complexity index is 674. The van der Waals surface area contributed by atoms with Crippen LogP contribution in [0.4, 0.5) is 0 Å². The summed E-state index contributed by atoms with van der Waals surface area (Å²) < 4.78 is 0. The van der Waals surface area contributed by atoms with Crippen molar-refractivity contribution in [3.63, 3.8) is 0 Å². The first-order valence-corrected chi connectivity index (χ1v) is 11.2. The van der Waals surface area contributed by atoms with Crippen LogP contribution in [-0.4, -0.2) is 69.8 Å². The second-order valence-corrected chi connectivity index (χ2v) is 8.55. The summed E-state index contributed by atoms with van der Waals surface area (Å²) in [7, 11) is 0. The smallest absolute Gasteiger partial charge is 0.327 e. The van der Waals surface area contributed by atoms with Crippen LogP contribution in [0.15, 0.2) is 0 Å². The molecule has 7 N–H and O–H groups in total. The maximum absolute atomic E-state index is 13.0. The number of carboxylic acids is 2. The molecule has 0 fully saturated rings. The quantitative estimate of drug-likeness (QED) is 0.157. The average Bonchev–Trinajstić information content (AvgIpc) is 2.71. The number of aliphatic carboxylic acids is 2. The van der Waals surface area contributed by atoms with Crippen LogP contribution >= 0.6 is 12.6 Å². The molecule has 0 bridgehead atoms. The first kappa shape index (κ1) is 29.7. The van der Waals surface area contributed by atoms with E-state index in [1.807, 2.05) is 20.8 Å². The normalized spacial score (nSPS) is 15.7.